The lowest BCUT2D eigenvalue weighted by molar-refractivity contribution is -0.0436. The van der Waals surface area contributed by atoms with E-state index in [1.807, 2.05) is 0 Å². The van der Waals surface area contributed by atoms with Crippen LogP contribution in [0.5, 0.6) is 0 Å². The number of benzene rings is 2. The topological polar surface area (TPSA) is 139 Å². The predicted octanol–water partition coefficient (Wildman–Crippen LogP) is 2.18. The number of alkyl halides is 3. The van der Waals surface area contributed by atoms with Crippen molar-refractivity contribution >= 4 is 49.1 Å². The SMILES string of the molecule is CS(=O)(=O)c1ccccc1N1C2=C(N=CN(c3ccc(S(=O)(=O)C(F)(F)F)cc3)C2N)SC1N. The minimum Gasteiger partial charge on any atom is -0.313 e. The van der Waals surface area contributed by atoms with Gasteiger partial charge in [0.05, 0.1) is 27.5 Å². The van der Waals surface area contributed by atoms with Gasteiger partial charge >= 0.3 is 5.51 Å². The highest BCUT2D eigenvalue weighted by molar-refractivity contribution is 8.04. The molecule has 182 valence electrons. The molecule has 0 radical (unpaired) electrons. The maximum absolute atomic E-state index is 12.8. The van der Waals surface area contributed by atoms with Crippen LogP contribution in [-0.4, -0.2) is 46.6 Å². The van der Waals surface area contributed by atoms with Crippen LogP contribution in [0.2, 0.25) is 0 Å². The van der Waals surface area contributed by atoms with Crippen LogP contribution >= 0.6 is 11.8 Å². The van der Waals surface area contributed by atoms with E-state index in [1.165, 1.54) is 29.4 Å². The van der Waals surface area contributed by atoms with Crippen LogP contribution in [0.25, 0.3) is 0 Å². The van der Waals surface area contributed by atoms with Crippen molar-refractivity contribution in [2.24, 2.45) is 16.5 Å². The van der Waals surface area contributed by atoms with Gasteiger partial charge in [-0.3, -0.25) is 0 Å². The van der Waals surface area contributed by atoms with Crippen molar-refractivity contribution in [1.29, 1.82) is 0 Å². The van der Waals surface area contributed by atoms with Gasteiger partial charge in [0.2, 0.25) is 0 Å². The maximum atomic E-state index is 12.8. The van der Waals surface area contributed by atoms with Crippen molar-refractivity contribution in [1.82, 2.24) is 0 Å². The van der Waals surface area contributed by atoms with Crippen molar-refractivity contribution < 1.29 is 30.0 Å². The normalized spacial score (nSPS) is 21.2. The van der Waals surface area contributed by atoms with Gasteiger partial charge in [0.25, 0.3) is 9.84 Å². The van der Waals surface area contributed by atoms with E-state index in [0.29, 0.717) is 16.4 Å². The van der Waals surface area contributed by atoms with Crippen molar-refractivity contribution in [2.45, 2.75) is 27.0 Å². The highest BCUT2D eigenvalue weighted by atomic mass is 32.2. The minimum atomic E-state index is -5.50. The molecule has 2 aliphatic heterocycles. The third kappa shape index (κ3) is 4.07. The third-order valence-electron chi connectivity index (χ3n) is 5.12. The Morgan fingerprint density at radius 1 is 1.00 bits per heavy atom. The van der Waals surface area contributed by atoms with Crippen molar-refractivity contribution in [3.63, 3.8) is 0 Å². The fraction of sp³-hybridized carbons (Fsp3) is 0.211. The summed E-state index contributed by atoms with van der Waals surface area (Å²) in [6, 6.07) is 10.2. The van der Waals surface area contributed by atoms with Crippen LogP contribution in [-0.2, 0) is 19.7 Å². The first-order valence-corrected chi connectivity index (χ1v) is 13.7. The number of hydrogen-bond donors (Lipinski definition) is 2. The minimum absolute atomic E-state index is 0.0369. The third-order valence-corrected chi connectivity index (χ3v) is 8.76. The van der Waals surface area contributed by atoms with Gasteiger partial charge in [-0.1, -0.05) is 23.9 Å². The number of anilines is 2. The Bertz CT molecular complexity index is 1410. The Labute approximate surface area is 197 Å². The molecular weight excluding hydrogens is 515 g/mol. The summed E-state index contributed by atoms with van der Waals surface area (Å²) in [5, 5.41) is 0.454. The van der Waals surface area contributed by atoms with E-state index in [1.54, 1.807) is 23.1 Å². The predicted molar refractivity (Wildman–Crippen MR) is 123 cm³/mol. The van der Waals surface area contributed by atoms with Gasteiger partial charge in [-0.15, -0.1) is 0 Å². The summed E-state index contributed by atoms with van der Waals surface area (Å²) in [5.74, 6) is 0. The van der Waals surface area contributed by atoms with Gasteiger partial charge < -0.3 is 21.3 Å². The summed E-state index contributed by atoms with van der Waals surface area (Å²) in [6.45, 7) is 0. The lowest BCUT2D eigenvalue weighted by Gasteiger charge is -2.36. The molecule has 15 heteroatoms. The first kappa shape index (κ1) is 24.5. The van der Waals surface area contributed by atoms with Gasteiger partial charge in [-0.2, -0.15) is 13.2 Å². The van der Waals surface area contributed by atoms with Crippen molar-refractivity contribution in [3.8, 4) is 0 Å². The van der Waals surface area contributed by atoms with Crippen molar-refractivity contribution in [3.05, 3.63) is 59.3 Å². The molecule has 2 heterocycles. The molecule has 0 saturated carbocycles. The summed E-state index contributed by atoms with van der Waals surface area (Å²) in [6.07, 6.45) is 1.46. The molecule has 2 aromatic rings. The summed E-state index contributed by atoms with van der Waals surface area (Å²) < 4.78 is 86.4. The van der Waals surface area contributed by atoms with E-state index in [0.717, 1.165) is 30.2 Å². The second-order valence-corrected chi connectivity index (χ2v) is 12.4. The van der Waals surface area contributed by atoms with E-state index in [9.17, 15) is 30.0 Å². The van der Waals surface area contributed by atoms with Crippen LogP contribution in [0, 0.1) is 0 Å². The molecule has 2 unspecified atom stereocenters. The maximum Gasteiger partial charge on any atom is 0.501 e. The number of thioether (sulfide) groups is 1. The fourth-order valence-electron chi connectivity index (χ4n) is 3.55. The molecule has 0 spiro atoms. The number of para-hydroxylation sites is 1. The van der Waals surface area contributed by atoms with Crippen LogP contribution in [0.1, 0.15) is 0 Å². The molecule has 9 nitrogen and oxygen atoms in total. The molecule has 2 aliphatic rings. The molecule has 2 atom stereocenters. The molecule has 0 fully saturated rings. The molecule has 0 aromatic heterocycles. The molecule has 0 saturated heterocycles. The average molecular weight is 534 g/mol. The highest BCUT2D eigenvalue weighted by Crippen LogP contribution is 2.45. The van der Waals surface area contributed by atoms with Gasteiger partial charge in [-0.25, -0.2) is 21.8 Å². The highest BCUT2D eigenvalue weighted by Gasteiger charge is 2.47. The number of nitrogens with zero attached hydrogens (tertiary/aromatic N) is 3. The standard InChI is InChI=1S/C19H18F3N5O4S3/c1-33(28,29)14-5-3-2-4-13(14)27-15-16(23)26(10-25-17(15)32-18(27)24)11-6-8-12(9-7-11)34(30,31)19(20,21)22/h2-10,16,18H,23-24H2,1H3. The van der Waals surface area contributed by atoms with Crippen LogP contribution < -0.4 is 21.3 Å². The average Bonchev–Trinajstić information content (AvgIpc) is 3.09. The van der Waals surface area contributed by atoms with Gasteiger partial charge in [-0.05, 0) is 36.4 Å². The lowest BCUT2D eigenvalue weighted by atomic mass is 10.2. The smallest absolute Gasteiger partial charge is 0.313 e. The van der Waals surface area contributed by atoms with Gasteiger partial charge in [0, 0.05) is 11.9 Å². The quantitative estimate of drug-likeness (QED) is 0.605. The number of sulfone groups is 2. The summed E-state index contributed by atoms with van der Waals surface area (Å²) in [4.78, 5) is 6.41. The fourth-order valence-corrected chi connectivity index (χ4v) is 6.19. The molecule has 4 rings (SSSR count). The molecule has 2 aromatic carbocycles. The number of nitrogens with two attached hydrogens (primary N) is 2. The van der Waals surface area contributed by atoms with Crippen molar-refractivity contribution in [2.75, 3.05) is 16.1 Å². The Balaban J connectivity index is 1.71. The molecule has 0 amide bonds. The first-order chi connectivity index (χ1) is 15.7. The number of aliphatic imine (C=N–C) groups is 1. The molecule has 4 N–H and O–H groups in total. The monoisotopic (exact) mass is 533 g/mol. The lowest BCUT2D eigenvalue weighted by Crippen LogP contribution is -2.50. The molecule has 0 aliphatic carbocycles. The second kappa shape index (κ2) is 8.27. The summed E-state index contributed by atoms with van der Waals surface area (Å²) in [5.41, 5.74) is 7.52. The molecule has 0 bridgehead atoms. The van der Waals surface area contributed by atoms with Crippen LogP contribution in [0.4, 0.5) is 24.5 Å². The van der Waals surface area contributed by atoms with Gasteiger partial charge in [0.1, 0.15) is 16.7 Å². The Morgan fingerprint density at radius 3 is 2.21 bits per heavy atom. The van der Waals surface area contributed by atoms with E-state index >= 15 is 0 Å². The largest absolute Gasteiger partial charge is 0.501 e. The van der Waals surface area contributed by atoms with Crippen LogP contribution in [0.3, 0.4) is 0 Å². The molecular formula is C19H18F3N5O4S3. The summed E-state index contributed by atoms with van der Waals surface area (Å²) >= 11 is 1.16. The van der Waals surface area contributed by atoms with E-state index in [4.69, 9.17) is 11.5 Å². The molecule has 34 heavy (non-hydrogen) atoms. The van der Waals surface area contributed by atoms with Gasteiger partial charge in [0.15, 0.2) is 9.84 Å². The Hall–Kier alpha value is -2.59. The zero-order chi connectivity index (χ0) is 25.1. The number of halogens is 3. The van der Waals surface area contributed by atoms with E-state index in [2.05, 4.69) is 4.99 Å². The van der Waals surface area contributed by atoms with E-state index in [-0.39, 0.29) is 10.6 Å². The van der Waals surface area contributed by atoms with E-state index < -0.39 is 41.7 Å². The zero-order valence-corrected chi connectivity index (χ0v) is 19.8. The first-order valence-electron chi connectivity index (χ1n) is 9.48. The summed E-state index contributed by atoms with van der Waals surface area (Å²) in [7, 11) is -9.12. The zero-order valence-electron chi connectivity index (χ0n) is 17.3. The Kier molecular flexibility index (Phi) is 5.96. The Morgan fingerprint density at radius 2 is 1.62 bits per heavy atom. The second-order valence-electron chi connectivity index (χ2n) is 7.35. The van der Waals surface area contributed by atoms with Crippen LogP contribution in [0.15, 0.2) is 74.0 Å². The number of rotatable bonds is 4. The number of hydrogen-bond acceptors (Lipinski definition) is 10.